The van der Waals surface area contributed by atoms with Gasteiger partial charge in [0, 0.05) is 30.9 Å². The Balaban J connectivity index is 1.50. The Labute approximate surface area is 120 Å². The lowest BCUT2D eigenvalue weighted by atomic mass is 9.83. The Hall–Kier alpha value is -1.36. The standard InChI is InChI=1S/C15H24N4O/c20-15(16-8-6-12-7-9-17-18-12)13-4-3-11-19-10-2-1-5-14(13)19/h7,9,13-14H,1-6,8,10-11H2,(H,16,20)(H,17,18)/t13-,14-/m1/s1. The normalized spacial score (nSPS) is 27.0. The van der Waals surface area contributed by atoms with Crippen LogP contribution in [0.3, 0.4) is 0 Å². The third-order valence-electron chi connectivity index (χ3n) is 4.68. The molecule has 2 saturated heterocycles. The number of aromatic nitrogens is 2. The Morgan fingerprint density at radius 1 is 1.35 bits per heavy atom. The lowest BCUT2D eigenvalue weighted by molar-refractivity contribution is -0.129. The minimum absolute atomic E-state index is 0.200. The monoisotopic (exact) mass is 276 g/mol. The Morgan fingerprint density at radius 3 is 3.10 bits per heavy atom. The van der Waals surface area contributed by atoms with Crippen LogP contribution in [0.5, 0.6) is 0 Å². The molecular weight excluding hydrogens is 252 g/mol. The van der Waals surface area contributed by atoms with Gasteiger partial charge in [-0.05, 0) is 44.8 Å². The molecule has 2 N–H and O–H groups in total. The molecule has 0 saturated carbocycles. The predicted octanol–water partition coefficient (Wildman–Crippen LogP) is 1.33. The van der Waals surface area contributed by atoms with Crippen LogP contribution in [-0.4, -0.2) is 46.7 Å². The maximum absolute atomic E-state index is 12.4. The van der Waals surface area contributed by atoms with E-state index in [2.05, 4.69) is 20.4 Å². The number of H-pyrrole nitrogens is 1. The van der Waals surface area contributed by atoms with E-state index in [4.69, 9.17) is 0 Å². The minimum Gasteiger partial charge on any atom is -0.355 e. The first-order valence-corrected chi connectivity index (χ1v) is 7.84. The molecule has 0 aromatic carbocycles. The Kier molecular flexibility index (Phi) is 4.35. The van der Waals surface area contributed by atoms with Gasteiger partial charge in [0.2, 0.25) is 5.91 Å². The van der Waals surface area contributed by atoms with E-state index in [-0.39, 0.29) is 11.8 Å². The molecule has 0 unspecified atom stereocenters. The minimum atomic E-state index is 0.200. The van der Waals surface area contributed by atoms with Crippen molar-refractivity contribution in [1.82, 2.24) is 20.4 Å². The maximum Gasteiger partial charge on any atom is 0.224 e. The van der Waals surface area contributed by atoms with E-state index in [1.165, 1.54) is 32.4 Å². The molecule has 2 aliphatic heterocycles. The zero-order valence-corrected chi connectivity index (χ0v) is 12.0. The highest BCUT2D eigenvalue weighted by atomic mass is 16.1. The van der Waals surface area contributed by atoms with Gasteiger partial charge in [-0.15, -0.1) is 0 Å². The van der Waals surface area contributed by atoms with Crippen LogP contribution < -0.4 is 5.32 Å². The zero-order chi connectivity index (χ0) is 13.8. The molecule has 2 fully saturated rings. The second-order valence-electron chi connectivity index (χ2n) is 5.97. The van der Waals surface area contributed by atoms with E-state index in [1.807, 2.05) is 6.07 Å². The van der Waals surface area contributed by atoms with Gasteiger partial charge in [-0.2, -0.15) is 5.10 Å². The summed E-state index contributed by atoms with van der Waals surface area (Å²) < 4.78 is 0. The summed E-state index contributed by atoms with van der Waals surface area (Å²) in [7, 11) is 0. The van der Waals surface area contributed by atoms with Crippen molar-refractivity contribution in [3.05, 3.63) is 18.0 Å². The van der Waals surface area contributed by atoms with Crippen molar-refractivity contribution in [3.8, 4) is 0 Å². The molecule has 0 aliphatic carbocycles. The largest absolute Gasteiger partial charge is 0.355 e. The molecule has 3 rings (SSSR count). The maximum atomic E-state index is 12.4. The highest BCUT2D eigenvalue weighted by Crippen LogP contribution is 2.30. The number of rotatable bonds is 4. The number of carbonyl (C=O) groups is 1. The van der Waals surface area contributed by atoms with E-state index < -0.39 is 0 Å². The van der Waals surface area contributed by atoms with E-state index in [1.54, 1.807) is 6.20 Å². The highest BCUT2D eigenvalue weighted by molar-refractivity contribution is 5.79. The number of nitrogens with zero attached hydrogens (tertiary/aromatic N) is 2. The molecule has 1 aromatic rings. The van der Waals surface area contributed by atoms with E-state index in [9.17, 15) is 4.79 Å². The van der Waals surface area contributed by atoms with Crippen LogP contribution in [0.15, 0.2) is 12.3 Å². The van der Waals surface area contributed by atoms with Crippen molar-refractivity contribution in [2.24, 2.45) is 5.92 Å². The van der Waals surface area contributed by atoms with Crippen molar-refractivity contribution in [1.29, 1.82) is 0 Å². The Morgan fingerprint density at radius 2 is 2.25 bits per heavy atom. The molecule has 110 valence electrons. The third kappa shape index (κ3) is 3.03. The van der Waals surface area contributed by atoms with Crippen LogP contribution in [0.4, 0.5) is 0 Å². The van der Waals surface area contributed by atoms with Gasteiger partial charge in [-0.25, -0.2) is 0 Å². The fourth-order valence-electron chi connectivity index (χ4n) is 3.64. The number of fused-ring (bicyclic) bond motifs is 1. The average Bonchev–Trinajstić information content (AvgIpc) is 3.00. The van der Waals surface area contributed by atoms with Gasteiger partial charge in [0.25, 0.3) is 0 Å². The summed E-state index contributed by atoms with van der Waals surface area (Å²) in [5, 5.41) is 9.96. The number of amides is 1. The molecule has 1 aromatic heterocycles. The van der Waals surface area contributed by atoms with Gasteiger partial charge < -0.3 is 5.32 Å². The highest BCUT2D eigenvalue weighted by Gasteiger charge is 2.36. The van der Waals surface area contributed by atoms with Crippen molar-refractivity contribution in [3.63, 3.8) is 0 Å². The smallest absolute Gasteiger partial charge is 0.224 e. The molecule has 5 nitrogen and oxygen atoms in total. The van der Waals surface area contributed by atoms with E-state index >= 15 is 0 Å². The second kappa shape index (κ2) is 6.39. The van der Waals surface area contributed by atoms with Crippen LogP contribution in [0.1, 0.15) is 37.8 Å². The van der Waals surface area contributed by atoms with Crippen molar-refractivity contribution in [2.75, 3.05) is 19.6 Å². The number of nitrogens with one attached hydrogen (secondary N) is 2. The Bertz CT molecular complexity index is 429. The van der Waals surface area contributed by atoms with Crippen molar-refractivity contribution < 1.29 is 4.79 Å². The summed E-state index contributed by atoms with van der Waals surface area (Å²) in [6.07, 6.45) is 8.56. The van der Waals surface area contributed by atoms with Crippen LogP contribution in [0.2, 0.25) is 0 Å². The molecule has 2 aliphatic rings. The predicted molar refractivity (Wildman–Crippen MR) is 77.2 cm³/mol. The topological polar surface area (TPSA) is 61.0 Å². The van der Waals surface area contributed by atoms with Gasteiger partial charge in [0.1, 0.15) is 0 Å². The summed E-state index contributed by atoms with van der Waals surface area (Å²) in [4.78, 5) is 15.0. The van der Waals surface area contributed by atoms with Gasteiger partial charge in [-0.3, -0.25) is 14.8 Å². The fraction of sp³-hybridized carbons (Fsp3) is 0.733. The summed E-state index contributed by atoms with van der Waals surface area (Å²) in [6.45, 7) is 3.06. The second-order valence-corrected chi connectivity index (χ2v) is 5.97. The molecule has 0 spiro atoms. The molecular formula is C15H24N4O. The number of hydrogen-bond acceptors (Lipinski definition) is 3. The van der Waals surface area contributed by atoms with Crippen molar-refractivity contribution >= 4 is 5.91 Å². The zero-order valence-electron chi connectivity index (χ0n) is 12.0. The number of aromatic amines is 1. The van der Waals surface area contributed by atoms with Gasteiger partial charge in [0.15, 0.2) is 0 Å². The average molecular weight is 276 g/mol. The van der Waals surface area contributed by atoms with E-state index in [0.717, 1.165) is 25.0 Å². The van der Waals surface area contributed by atoms with Gasteiger partial charge >= 0.3 is 0 Å². The van der Waals surface area contributed by atoms with Crippen LogP contribution in [-0.2, 0) is 11.2 Å². The molecule has 20 heavy (non-hydrogen) atoms. The van der Waals surface area contributed by atoms with Gasteiger partial charge in [-0.1, -0.05) is 6.42 Å². The number of hydrogen-bond donors (Lipinski definition) is 2. The summed E-state index contributed by atoms with van der Waals surface area (Å²) in [6, 6.07) is 2.44. The third-order valence-corrected chi connectivity index (χ3v) is 4.68. The molecule has 1 amide bonds. The lowest BCUT2D eigenvalue weighted by Crippen LogP contribution is -2.52. The van der Waals surface area contributed by atoms with E-state index in [0.29, 0.717) is 12.6 Å². The first-order valence-electron chi connectivity index (χ1n) is 7.84. The van der Waals surface area contributed by atoms with Crippen molar-refractivity contribution in [2.45, 2.75) is 44.6 Å². The fourth-order valence-corrected chi connectivity index (χ4v) is 3.64. The first-order chi connectivity index (χ1) is 9.84. The molecule has 5 heteroatoms. The van der Waals surface area contributed by atoms with Gasteiger partial charge in [0.05, 0.1) is 5.92 Å². The summed E-state index contributed by atoms with van der Waals surface area (Å²) in [5.74, 6) is 0.451. The SMILES string of the molecule is O=C(NCCc1ccn[nH]1)[C@@H]1CCCN2CCCC[C@H]12. The first kappa shape index (κ1) is 13.6. The molecule has 0 bridgehead atoms. The summed E-state index contributed by atoms with van der Waals surface area (Å²) >= 11 is 0. The number of carbonyl (C=O) groups excluding carboxylic acids is 1. The quantitative estimate of drug-likeness (QED) is 0.872. The number of piperidine rings is 2. The van der Waals surface area contributed by atoms with Crippen LogP contribution >= 0.6 is 0 Å². The molecule has 0 radical (unpaired) electrons. The molecule has 2 atom stereocenters. The molecule has 3 heterocycles. The van der Waals surface area contributed by atoms with Crippen LogP contribution in [0.25, 0.3) is 0 Å². The summed E-state index contributed by atoms with van der Waals surface area (Å²) in [5.41, 5.74) is 1.08. The van der Waals surface area contributed by atoms with Crippen LogP contribution in [0, 0.1) is 5.92 Å². The lowest BCUT2D eigenvalue weighted by Gasteiger charge is -2.43.